The molecule has 2 aromatic carbocycles. The molecule has 0 N–H and O–H groups in total. The van der Waals surface area contributed by atoms with Crippen molar-refractivity contribution in [3.8, 4) is 11.5 Å². The number of amides is 3. The Morgan fingerprint density at radius 2 is 1.67 bits per heavy atom. The van der Waals surface area contributed by atoms with Gasteiger partial charge in [-0.05, 0) is 56.5 Å². The van der Waals surface area contributed by atoms with E-state index in [1.54, 1.807) is 39.8 Å². The molecule has 3 amide bonds. The minimum Gasteiger partial charge on any atom is -0.480 e. The highest BCUT2D eigenvalue weighted by Gasteiger charge is 2.38. The molecule has 1 heterocycles. The van der Waals surface area contributed by atoms with Crippen molar-refractivity contribution in [1.82, 2.24) is 4.90 Å². The zero-order valence-corrected chi connectivity index (χ0v) is 18.5. The van der Waals surface area contributed by atoms with Crippen molar-refractivity contribution in [3.05, 3.63) is 53.1 Å². The number of urea groups is 1. The number of aryl methyl sites for hydroxylation is 2. The summed E-state index contributed by atoms with van der Waals surface area (Å²) >= 11 is 0. The number of alkyl halides is 3. The summed E-state index contributed by atoms with van der Waals surface area (Å²) in [4.78, 5) is 38.7. The molecule has 0 aromatic heterocycles. The highest BCUT2D eigenvalue weighted by molar-refractivity contribution is 6.12. The van der Waals surface area contributed by atoms with Crippen molar-refractivity contribution in [2.75, 3.05) is 11.4 Å². The fourth-order valence-electron chi connectivity index (χ4n) is 3.51. The summed E-state index contributed by atoms with van der Waals surface area (Å²) in [5.74, 6) is -0.434. The van der Waals surface area contributed by atoms with Gasteiger partial charge in [0.1, 0.15) is 18.0 Å². The van der Waals surface area contributed by atoms with Crippen LogP contribution in [0, 0.1) is 13.8 Å². The molecule has 0 bridgehead atoms. The Kier molecular flexibility index (Phi) is 6.40. The molecule has 0 atom stereocenters. The van der Waals surface area contributed by atoms with E-state index in [-0.39, 0.29) is 18.8 Å². The van der Waals surface area contributed by atoms with Gasteiger partial charge in [-0.15, -0.1) is 13.2 Å². The smallest absolute Gasteiger partial charge is 0.480 e. The predicted octanol–water partition coefficient (Wildman–Crippen LogP) is 4.53. The van der Waals surface area contributed by atoms with Gasteiger partial charge in [0.15, 0.2) is 11.9 Å². The maximum atomic E-state index is 12.9. The molecule has 7 nitrogen and oxygen atoms in total. The Morgan fingerprint density at radius 1 is 1.03 bits per heavy atom. The van der Waals surface area contributed by atoms with Crippen LogP contribution in [-0.2, 0) is 16.1 Å². The standard InChI is InChI=1S/C23H23F3N2O5/c1-14-8-16(9-15(2)20(14)33-22(3,4)13-29)11-28-19(30)12-27(21(28)31)17-6-5-7-18(10-17)32-23(24,25)26/h5-10,13H,11-12H2,1-4H3. The summed E-state index contributed by atoms with van der Waals surface area (Å²) in [5, 5.41) is 0. The van der Waals surface area contributed by atoms with Crippen LogP contribution in [0.2, 0.25) is 0 Å². The van der Waals surface area contributed by atoms with E-state index in [1.165, 1.54) is 12.1 Å². The van der Waals surface area contributed by atoms with Gasteiger partial charge in [-0.25, -0.2) is 4.79 Å². The molecule has 0 aliphatic carbocycles. The predicted molar refractivity (Wildman–Crippen MR) is 113 cm³/mol. The molecule has 2 aromatic rings. The van der Waals surface area contributed by atoms with Crippen LogP contribution in [0.5, 0.6) is 11.5 Å². The third-order valence-electron chi connectivity index (χ3n) is 4.93. The number of ether oxygens (including phenoxy) is 2. The molecule has 10 heteroatoms. The first kappa shape index (κ1) is 24.1. The van der Waals surface area contributed by atoms with Crippen LogP contribution in [0.1, 0.15) is 30.5 Å². The lowest BCUT2D eigenvalue weighted by atomic mass is 10.0. The van der Waals surface area contributed by atoms with Crippen LogP contribution in [-0.4, -0.2) is 41.6 Å². The minimum atomic E-state index is -4.87. The zero-order chi connectivity index (χ0) is 24.6. The third kappa shape index (κ3) is 5.63. The molecule has 0 spiro atoms. The van der Waals surface area contributed by atoms with Crippen LogP contribution in [0.3, 0.4) is 0 Å². The number of halogens is 3. The lowest BCUT2D eigenvalue weighted by Gasteiger charge is -2.24. The Morgan fingerprint density at radius 3 is 2.24 bits per heavy atom. The summed E-state index contributed by atoms with van der Waals surface area (Å²) in [6.45, 7) is 6.53. The van der Waals surface area contributed by atoms with Gasteiger partial charge < -0.3 is 9.47 Å². The second-order valence-electron chi connectivity index (χ2n) is 8.28. The Hall–Kier alpha value is -3.56. The average molecular weight is 464 g/mol. The monoisotopic (exact) mass is 464 g/mol. The molecule has 3 rings (SSSR count). The second-order valence-corrected chi connectivity index (χ2v) is 8.28. The van der Waals surface area contributed by atoms with Gasteiger partial charge in [-0.2, -0.15) is 0 Å². The number of carbonyl (C=O) groups excluding carboxylic acids is 3. The normalized spacial score (nSPS) is 14.6. The van der Waals surface area contributed by atoms with Gasteiger partial charge >= 0.3 is 12.4 Å². The summed E-state index contributed by atoms with van der Waals surface area (Å²) < 4.78 is 47.2. The molecular formula is C23H23F3N2O5. The molecule has 1 aliphatic rings. The van der Waals surface area contributed by atoms with Gasteiger partial charge in [0, 0.05) is 11.8 Å². The quantitative estimate of drug-likeness (QED) is 0.445. The molecular weight excluding hydrogens is 441 g/mol. The first-order valence-corrected chi connectivity index (χ1v) is 10.0. The van der Waals surface area contributed by atoms with Crippen molar-refractivity contribution in [3.63, 3.8) is 0 Å². The van der Waals surface area contributed by atoms with Gasteiger partial charge in [-0.3, -0.25) is 19.4 Å². The number of anilines is 1. The average Bonchev–Trinajstić information content (AvgIpc) is 2.98. The largest absolute Gasteiger partial charge is 0.573 e. The highest BCUT2D eigenvalue weighted by atomic mass is 19.4. The van der Waals surface area contributed by atoms with Gasteiger partial charge in [0.05, 0.1) is 6.54 Å². The fourth-order valence-corrected chi connectivity index (χ4v) is 3.51. The second kappa shape index (κ2) is 8.76. The first-order valence-electron chi connectivity index (χ1n) is 10.0. The highest BCUT2D eigenvalue weighted by Crippen LogP contribution is 2.31. The van der Waals surface area contributed by atoms with E-state index in [0.29, 0.717) is 17.6 Å². The SMILES string of the molecule is Cc1cc(CN2C(=O)CN(c3cccc(OC(F)(F)F)c3)C2=O)cc(C)c1OC(C)(C)C=O. The maximum absolute atomic E-state index is 12.9. The van der Waals surface area contributed by atoms with E-state index in [1.807, 2.05) is 0 Å². The number of benzene rings is 2. The van der Waals surface area contributed by atoms with E-state index in [0.717, 1.165) is 33.1 Å². The lowest BCUT2D eigenvalue weighted by molar-refractivity contribution is -0.274. The van der Waals surface area contributed by atoms with Gasteiger partial charge in [-0.1, -0.05) is 18.2 Å². The van der Waals surface area contributed by atoms with Gasteiger partial charge in [0.2, 0.25) is 0 Å². The van der Waals surface area contributed by atoms with Crippen LogP contribution in [0.15, 0.2) is 36.4 Å². The van der Waals surface area contributed by atoms with Crippen molar-refractivity contribution in [2.45, 2.75) is 46.2 Å². The summed E-state index contributed by atoms with van der Waals surface area (Å²) in [6.07, 6.45) is -4.17. The topological polar surface area (TPSA) is 76.2 Å². The molecule has 33 heavy (non-hydrogen) atoms. The number of rotatable bonds is 7. The Labute approximate surface area is 188 Å². The lowest BCUT2D eigenvalue weighted by Crippen LogP contribution is -2.33. The number of hydrogen-bond donors (Lipinski definition) is 0. The van der Waals surface area contributed by atoms with E-state index in [9.17, 15) is 27.6 Å². The number of carbonyl (C=O) groups is 3. The fraction of sp³-hybridized carbons (Fsp3) is 0.348. The number of nitrogens with zero attached hydrogens (tertiary/aromatic N) is 2. The van der Waals surface area contributed by atoms with E-state index >= 15 is 0 Å². The molecule has 1 fully saturated rings. The van der Waals surface area contributed by atoms with Crippen LogP contribution >= 0.6 is 0 Å². The molecule has 0 unspecified atom stereocenters. The van der Waals surface area contributed by atoms with E-state index < -0.39 is 29.7 Å². The molecule has 0 saturated carbocycles. The van der Waals surface area contributed by atoms with E-state index in [2.05, 4.69) is 4.74 Å². The van der Waals surface area contributed by atoms with Crippen molar-refractivity contribution < 1.29 is 37.0 Å². The molecule has 0 radical (unpaired) electrons. The first-order chi connectivity index (χ1) is 15.3. The zero-order valence-electron chi connectivity index (χ0n) is 18.5. The molecule has 1 saturated heterocycles. The van der Waals surface area contributed by atoms with Crippen molar-refractivity contribution >= 4 is 23.9 Å². The Bertz CT molecular complexity index is 1070. The van der Waals surface area contributed by atoms with Crippen LogP contribution in [0.4, 0.5) is 23.7 Å². The number of hydrogen-bond acceptors (Lipinski definition) is 5. The van der Waals surface area contributed by atoms with E-state index in [4.69, 9.17) is 4.74 Å². The minimum absolute atomic E-state index is 0.0219. The Balaban J connectivity index is 1.80. The summed E-state index contributed by atoms with van der Waals surface area (Å²) in [7, 11) is 0. The molecule has 1 aliphatic heterocycles. The van der Waals surface area contributed by atoms with Crippen molar-refractivity contribution in [1.29, 1.82) is 0 Å². The summed E-state index contributed by atoms with van der Waals surface area (Å²) in [6, 6.07) is 7.75. The maximum Gasteiger partial charge on any atom is 0.573 e. The third-order valence-corrected chi connectivity index (χ3v) is 4.93. The van der Waals surface area contributed by atoms with Crippen molar-refractivity contribution in [2.24, 2.45) is 0 Å². The number of imide groups is 1. The molecule has 176 valence electrons. The van der Waals surface area contributed by atoms with Gasteiger partial charge in [0.25, 0.3) is 5.91 Å². The van der Waals surface area contributed by atoms with Crippen LogP contribution in [0.25, 0.3) is 0 Å². The summed E-state index contributed by atoms with van der Waals surface area (Å²) in [5.41, 5.74) is 1.23. The number of aldehydes is 1. The van der Waals surface area contributed by atoms with Crippen LogP contribution < -0.4 is 14.4 Å².